The lowest BCUT2D eigenvalue weighted by Gasteiger charge is -2.09. The van der Waals surface area contributed by atoms with Crippen molar-refractivity contribution < 1.29 is 22.6 Å². The van der Waals surface area contributed by atoms with E-state index in [9.17, 15) is 13.2 Å². The number of aromatic amines is 1. The molecule has 1 heterocycles. The smallest absolute Gasteiger partial charge is 0.416 e. The lowest BCUT2D eigenvalue weighted by Crippen LogP contribution is -2.05. The molecule has 0 aliphatic rings. The van der Waals surface area contributed by atoms with E-state index in [4.69, 9.17) is 21.7 Å². The Morgan fingerprint density at radius 2 is 1.86 bits per heavy atom. The highest BCUT2D eigenvalue weighted by atomic mass is 32.1. The molecule has 0 saturated heterocycles. The van der Waals surface area contributed by atoms with Crippen molar-refractivity contribution in [3.8, 4) is 22.9 Å². The van der Waals surface area contributed by atoms with Gasteiger partial charge in [0.1, 0.15) is 0 Å². The van der Waals surface area contributed by atoms with Crippen LogP contribution in [0.5, 0.6) is 11.5 Å². The zero-order chi connectivity index (χ0) is 20.3. The molecule has 0 bridgehead atoms. The maximum Gasteiger partial charge on any atom is 0.416 e. The predicted molar refractivity (Wildman–Crippen MR) is 100 cm³/mol. The van der Waals surface area contributed by atoms with Crippen LogP contribution >= 0.6 is 12.2 Å². The van der Waals surface area contributed by atoms with Crippen LogP contribution in [0.15, 0.2) is 47.6 Å². The Morgan fingerprint density at radius 3 is 2.54 bits per heavy atom. The van der Waals surface area contributed by atoms with Gasteiger partial charge in [-0.3, -0.25) is 0 Å². The second-order valence-electron chi connectivity index (χ2n) is 5.60. The first kappa shape index (κ1) is 19.6. The van der Waals surface area contributed by atoms with Crippen molar-refractivity contribution in [2.75, 3.05) is 14.2 Å². The number of aromatic nitrogens is 3. The molecule has 0 aliphatic heterocycles. The predicted octanol–water partition coefficient (Wildman–Crippen LogP) is 4.53. The number of methoxy groups -OCH3 is 2. The van der Waals surface area contributed by atoms with Gasteiger partial charge in [0, 0.05) is 5.56 Å². The van der Waals surface area contributed by atoms with Crippen molar-refractivity contribution in [3.05, 3.63) is 58.4 Å². The second kappa shape index (κ2) is 7.85. The summed E-state index contributed by atoms with van der Waals surface area (Å²) in [6, 6.07) is 9.96. The highest BCUT2D eigenvalue weighted by Gasteiger charge is 2.30. The second-order valence-corrected chi connectivity index (χ2v) is 5.99. The van der Waals surface area contributed by atoms with Gasteiger partial charge >= 0.3 is 6.18 Å². The molecule has 0 unspecified atom stereocenters. The van der Waals surface area contributed by atoms with Crippen LogP contribution in [0.1, 0.15) is 11.1 Å². The molecule has 0 aliphatic carbocycles. The molecule has 0 amide bonds. The van der Waals surface area contributed by atoms with Crippen molar-refractivity contribution in [1.29, 1.82) is 0 Å². The topological polar surface area (TPSA) is 64.4 Å². The van der Waals surface area contributed by atoms with E-state index in [1.54, 1.807) is 18.2 Å². The van der Waals surface area contributed by atoms with Crippen LogP contribution in [0.4, 0.5) is 13.2 Å². The molecule has 0 fully saturated rings. The van der Waals surface area contributed by atoms with Gasteiger partial charge in [0.2, 0.25) is 4.77 Å². The van der Waals surface area contributed by atoms with Crippen LogP contribution in [-0.2, 0) is 6.18 Å². The van der Waals surface area contributed by atoms with Gasteiger partial charge in [-0.15, -0.1) is 0 Å². The number of halogens is 3. The van der Waals surface area contributed by atoms with E-state index >= 15 is 0 Å². The number of nitrogens with one attached hydrogen (secondary N) is 1. The zero-order valence-electron chi connectivity index (χ0n) is 14.8. The maximum atomic E-state index is 12.9. The fourth-order valence-corrected chi connectivity index (χ4v) is 2.66. The third-order valence-electron chi connectivity index (χ3n) is 3.83. The van der Waals surface area contributed by atoms with Gasteiger partial charge in [0.25, 0.3) is 0 Å². The molecule has 2 aromatic carbocycles. The number of rotatable bonds is 5. The SMILES string of the molecule is COc1ccc(-c2n[nH]c(=S)n2/N=C\c2cccc(C(F)(F)F)c2)cc1OC. The molecular weight excluding hydrogens is 393 g/mol. The standard InChI is InChI=1S/C18H15F3N4O2S/c1-26-14-7-6-12(9-15(14)27-2)16-23-24-17(28)25(16)22-10-11-4-3-5-13(8-11)18(19,20)21/h3-10H,1-2H3,(H,24,28)/b22-10-. The first-order chi connectivity index (χ1) is 13.3. The van der Waals surface area contributed by atoms with E-state index in [2.05, 4.69) is 15.3 Å². The Morgan fingerprint density at radius 1 is 1.11 bits per heavy atom. The molecule has 146 valence electrons. The van der Waals surface area contributed by atoms with E-state index in [0.717, 1.165) is 12.1 Å². The molecule has 28 heavy (non-hydrogen) atoms. The minimum Gasteiger partial charge on any atom is -0.493 e. The third-order valence-corrected chi connectivity index (χ3v) is 4.09. The van der Waals surface area contributed by atoms with Crippen LogP contribution in [0.25, 0.3) is 11.4 Å². The minimum atomic E-state index is -4.43. The van der Waals surface area contributed by atoms with Gasteiger partial charge in [0.15, 0.2) is 17.3 Å². The van der Waals surface area contributed by atoms with Crippen LogP contribution in [-0.4, -0.2) is 35.3 Å². The lowest BCUT2D eigenvalue weighted by molar-refractivity contribution is -0.137. The summed E-state index contributed by atoms with van der Waals surface area (Å²) >= 11 is 5.18. The number of nitrogens with zero attached hydrogens (tertiary/aromatic N) is 3. The number of benzene rings is 2. The van der Waals surface area contributed by atoms with Crippen molar-refractivity contribution in [2.45, 2.75) is 6.18 Å². The molecule has 3 rings (SSSR count). The Kier molecular flexibility index (Phi) is 5.50. The summed E-state index contributed by atoms with van der Waals surface area (Å²) in [6.45, 7) is 0. The zero-order valence-corrected chi connectivity index (χ0v) is 15.6. The quantitative estimate of drug-likeness (QED) is 0.498. The summed E-state index contributed by atoms with van der Waals surface area (Å²) in [5.74, 6) is 1.40. The van der Waals surface area contributed by atoms with E-state index < -0.39 is 11.7 Å². The summed E-state index contributed by atoms with van der Waals surface area (Å²) in [6.07, 6.45) is -3.15. The monoisotopic (exact) mass is 408 g/mol. The number of H-pyrrole nitrogens is 1. The van der Waals surface area contributed by atoms with Crippen LogP contribution < -0.4 is 9.47 Å². The van der Waals surface area contributed by atoms with E-state index in [1.165, 1.54) is 37.2 Å². The largest absolute Gasteiger partial charge is 0.493 e. The summed E-state index contributed by atoms with van der Waals surface area (Å²) < 4.78 is 50.6. The molecule has 3 aromatic rings. The Hall–Kier alpha value is -3.14. The van der Waals surface area contributed by atoms with Gasteiger partial charge in [0.05, 0.1) is 26.0 Å². The first-order valence-electron chi connectivity index (χ1n) is 7.95. The van der Waals surface area contributed by atoms with Crippen LogP contribution in [0.3, 0.4) is 0 Å². The van der Waals surface area contributed by atoms with Gasteiger partial charge in [-0.25, -0.2) is 5.10 Å². The van der Waals surface area contributed by atoms with E-state index in [-0.39, 0.29) is 10.3 Å². The fourth-order valence-electron chi connectivity index (χ4n) is 2.48. The number of alkyl halides is 3. The summed E-state index contributed by atoms with van der Waals surface area (Å²) in [4.78, 5) is 0. The lowest BCUT2D eigenvalue weighted by atomic mass is 10.1. The molecule has 0 radical (unpaired) electrons. The van der Waals surface area contributed by atoms with Crippen LogP contribution in [0.2, 0.25) is 0 Å². The average molecular weight is 408 g/mol. The maximum absolute atomic E-state index is 12.9. The normalized spacial score (nSPS) is 11.8. The molecule has 10 heteroatoms. The van der Waals surface area contributed by atoms with Gasteiger partial charge < -0.3 is 9.47 Å². The fraction of sp³-hybridized carbons (Fsp3) is 0.167. The molecule has 1 aromatic heterocycles. The van der Waals surface area contributed by atoms with E-state index in [0.29, 0.717) is 22.9 Å². The Balaban J connectivity index is 1.99. The Labute approximate surface area is 163 Å². The molecule has 6 nitrogen and oxygen atoms in total. The highest BCUT2D eigenvalue weighted by Crippen LogP contribution is 2.32. The van der Waals surface area contributed by atoms with Crippen molar-refractivity contribution in [3.63, 3.8) is 0 Å². The number of ether oxygens (including phenoxy) is 2. The molecule has 0 saturated carbocycles. The van der Waals surface area contributed by atoms with E-state index in [1.807, 2.05) is 0 Å². The minimum absolute atomic E-state index is 0.188. The first-order valence-corrected chi connectivity index (χ1v) is 8.35. The van der Waals surface area contributed by atoms with Crippen molar-refractivity contribution >= 4 is 18.4 Å². The van der Waals surface area contributed by atoms with Gasteiger partial charge in [-0.2, -0.15) is 28.0 Å². The molecule has 1 N–H and O–H groups in total. The Bertz CT molecular complexity index is 1070. The van der Waals surface area contributed by atoms with Crippen LogP contribution in [0, 0.1) is 4.77 Å². The number of hydrogen-bond acceptors (Lipinski definition) is 5. The van der Waals surface area contributed by atoms with Gasteiger partial charge in [-0.1, -0.05) is 12.1 Å². The molecule has 0 atom stereocenters. The third kappa shape index (κ3) is 4.06. The average Bonchev–Trinajstić information content (AvgIpc) is 3.05. The molecular formula is C18H15F3N4O2S. The number of hydrogen-bond donors (Lipinski definition) is 1. The highest BCUT2D eigenvalue weighted by molar-refractivity contribution is 7.71. The van der Waals surface area contributed by atoms with Crippen molar-refractivity contribution in [1.82, 2.24) is 14.9 Å². The summed E-state index contributed by atoms with van der Waals surface area (Å²) in [5.41, 5.74) is 0.148. The molecule has 0 spiro atoms. The summed E-state index contributed by atoms with van der Waals surface area (Å²) in [5, 5.41) is 11.0. The summed E-state index contributed by atoms with van der Waals surface area (Å²) in [7, 11) is 3.03. The van der Waals surface area contributed by atoms with Gasteiger partial charge in [-0.05, 0) is 48.1 Å². The van der Waals surface area contributed by atoms with Crippen molar-refractivity contribution in [2.24, 2.45) is 5.10 Å².